The van der Waals surface area contributed by atoms with E-state index in [1.54, 1.807) is 31.2 Å². The molecule has 5 heteroatoms. The molecule has 1 atom stereocenters. The number of aliphatic hydroxyl groups excluding tert-OH is 1. The van der Waals surface area contributed by atoms with Gasteiger partial charge in [-0.25, -0.2) is 8.42 Å². The Bertz CT molecular complexity index is 423. The molecule has 0 aliphatic rings. The third kappa shape index (κ3) is 3.83. The molecular formula is C11H17NO3S. The zero-order chi connectivity index (χ0) is 12.2. The van der Waals surface area contributed by atoms with Crippen LogP contribution in [0.1, 0.15) is 31.9 Å². The molecule has 0 saturated heterocycles. The van der Waals surface area contributed by atoms with Gasteiger partial charge < -0.3 is 5.11 Å². The largest absolute Gasteiger partial charge is 0.389 e. The lowest BCUT2D eigenvalue weighted by Gasteiger charge is -2.08. The fourth-order valence-corrected chi connectivity index (χ4v) is 2.46. The van der Waals surface area contributed by atoms with Crippen LogP contribution in [0.15, 0.2) is 24.3 Å². The minimum atomic E-state index is -3.23. The van der Waals surface area contributed by atoms with Gasteiger partial charge in [-0.3, -0.25) is 4.72 Å². The summed E-state index contributed by atoms with van der Waals surface area (Å²) in [7, 11) is -3.23. The van der Waals surface area contributed by atoms with E-state index in [0.717, 1.165) is 5.56 Å². The van der Waals surface area contributed by atoms with Crippen LogP contribution in [0.5, 0.6) is 0 Å². The Kier molecular flexibility index (Phi) is 4.32. The van der Waals surface area contributed by atoms with Gasteiger partial charge in [0.25, 0.3) is 0 Å². The Balaban J connectivity index is 2.76. The number of nitrogens with one attached hydrogen (secondary N) is 1. The van der Waals surface area contributed by atoms with Crippen LogP contribution in [0.3, 0.4) is 0 Å². The molecule has 0 amide bonds. The van der Waals surface area contributed by atoms with Crippen molar-refractivity contribution in [1.29, 1.82) is 0 Å². The number of hydrogen-bond donors (Lipinski definition) is 2. The first-order valence-electron chi connectivity index (χ1n) is 5.23. The molecule has 2 N–H and O–H groups in total. The van der Waals surface area contributed by atoms with Gasteiger partial charge in [0.05, 0.1) is 11.9 Å². The van der Waals surface area contributed by atoms with E-state index in [1.165, 1.54) is 0 Å². The molecule has 0 fully saturated rings. The first kappa shape index (κ1) is 13.0. The summed E-state index contributed by atoms with van der Waals surface area (Å²) in [6.07, 6.45) is 0.0440. The Labute approximate surface area is 96.4 Å². The monoisotopic (exact) mass is 243 g/mol. The first-order chi connectivity index (χ1) is 7.44. The zero-order valence-electron chi connectivity index (χ0n) is 9.47. The Hall–Kier alpha value is -1.07. The van der Waals surface area contributed by atoms with Gasteiger partial charge in [-0.2, -0.15) is 0 Å². The van der Waals surface area contributed by atoms with Crippen LogP contribution < -0.4 is 4.72 Å². The van der Waals surface area contributed by atoms with Crippen molar-refractivity contribution in [3.63, 3.8) is 0 Å². The van der Waals surface area contributed by atoms with Crippen molar-refractivity contribution in [2.24, 2.45) is 0 Å². The maximum atomic E-state index is 11.5. The highest BCUT2D eigenvalue weighted by Crippen LogP contribution is 2.16. The fourth-order valence-electron chi connectivity index (χ4n) is 1.33. The summed E-state index contributed by atoms with van der Waals surface area (Å²) in [4.78, 5) is 0. The highest BCUT2D eigenvalue weighted by atomic mass is 32.2. The van der Waals surface area contributed by atoms with E-state index in [0.29, 0.717) is 12.1 Å². The van der Waals surface area contributed by atoms with Gasteiger partial charge in [0.2, 0.25) is 10.0 Å². The molecular weight excluding hydrogens is 226 g/mol. The molecule has 0 spiro atoms. The third-order valence-corrected chi connectivity index (χ3v) is 3.63. The van der Waals surface area contributed by atoms with Crippen LogP contribution in [0.2, 0.25) is 0 Å². The van der Waals surface area contributed by atoms with Gasteiger partial charge in [-0.1, -0.05) is 19.1 Å². The molecule has 90 valence electrons. The van der Waals surface area contributed by atoms with E-state index in [2.05, 4.69) is 4.72 Å². The van der Waals surface area contributed by atoms with E-state index < -0.39 is 16.1 Å². The quantitative estimate of drug-likeness (QED) is 0.830. The summed E-state index contributed by atoms with van der Waals surface area (Å²) < 4.78 is 25.4. The van der Waals surface area contributed by atoms with Crippen LogP contribution in [-0.4, -0.2) is 19.3 Å². The molecule has 1 aromatic rings. The lowest BCUT2D eigenvalue weighted by Crippen LogP contribution is -2.16. The summed E-state index contributed by atoms with van der Waals surface area (Å²) in [5.41, 5.74) is 1.29. The van der Waals surface area contributed by atoms with Crippen LogP contribution in [0.25, 0.3) is 0 Å². The molecule has 4 nitrogen and oxygen atoms in total. The van der Waals surface area contributed by atoms with Crippen LogP contribution >= 0.6 is 0 Å². The molecule has 0 radical (unpaired) electrons. The molecule has 0 heterocycles. The number of anilines is 1. The average Bonchev–Trinajstić information content (AvgIpc) is 2.17. The number of sulfonamides is 1. The second-order valence-electron chi connectivity index (χ2n) is 3.72. The second kappa shape index (κ2) is 5.32. The SMILES string of the molecule is CCCS(=O)(=O)Nc1ccc(C(C)O)cc1. The van der Waals surface area contributed by atoms with Crippen molar-refractivity contribution in [3.05, 3.63) is 29.8 Å². The summed E-state index contributed by atoms with van der Waals surface area (Å²) in [6, 6.07) is 6.70. The van der Waals surface area contributed by atoms with Crippen LogP contribution in [0.4, 0.5) is 5.69 Å². The van der Waals surface area contributed by atoms with Crippen LogP contribution in [-0.2, 0) is 10.0 Å². The Morgan fingerprint density at radius 3 is 2.31 bits per heavy atom. The molecule has 1 rings (SSSR count). The predicted octanol–water partition coefficient (Wildman–Crippen LogP) is 1.89. The lowest BCUT2D eigenvalue weighted by atomic mass is 10.1. The highest BCUT2D eigenvalue weighted by Gasteiger charge is 2.08. The van der Waals surface area contributed by atoms with Gasteiger partial charge in [-0.15, -0.1) is 0 Å². The maximum absolute atomic E-state index is 11.5. The zero-order valence-corrected chi connectivity index (χ0v) is 10.3. The van der Waals surface area contributed by atoms with Gasteiger partial charge >= 0.3 is 0 Å². The Morgan fingerprint density at radius 1 is 1.31 bits per heavy atom. The normalized spacial score (nSPS) is 13.4. The first-order valence-corrected chi connectivity index (χ1v) is 6.88. The summed E-state index contributed by atoms with van der Waals surface area (Å²) >= 11 is 0. The lowest BCUT2D eigenvalue weighted by molar-refractivity contribution is 0.199. The van der Waals surface area contributed by atoms with Gasteiger partial charge in [0.1, 0.15) is 0 Å². The van der Waals surface area contributed by atoms with Gasteiger partial charge in [-0.05, 0) is 31.0 Å². The van der Waals surface area contributed by atoms with Crippen molar-refractivity contribution >= 4 is 15.7 Å². The molecule has 0 aliphatic heterocycles. The molecule has 1 unspecified atom stereocenters. The second-order valence-corrected chi connectivity index (χ2v) is 5.56. The van der Waals surface area contributed by atoms with Crippen molar-refractivity contribution in [3.8, 4) is 0 Å². The summed E-state index contributed by atoms with van der Waals surface area (Å²) in [5, 5.41) is 9.29. The van der Waals surface area contributed by atoms with E-state index in [-0.39, 0.29) is 5.75 Å². The molecule has 16 heavy (non-hydrogen) atoms. The minimum Gasteiger partial charge on any atom is -0.389 e. The molecule has 0 aromatic heterocycles. The molecule has 0 saturated carbocycles. The van der Waals surface area contributed by atoms with Crippen molar-refractivity contribution in [1.82, 2.24) is 0 Å². The van der Waals surface area contributed by atoms with E-state index in [1.807, 2.05) is 6.92 Å². The maximum Gasteiger partial charge on any atom is 0.232 e. The van der Waals surface area contributed by atoms with Crippen molar-refractivity contribution in [2.45, 2.75) is 26.4 Å². The third-order valence-electron chi connectivity index (χ3n) is 2.14. The smallest absolute Gasteiger partial charge is 0.232 e. The van der Waals surface area contributed by atoms with Crippen molar-refractivity contribution in [2.75, 3.05) is 10.5 Å². The molecule has 0 aliphatic carbocycles. The number of benzene rings is 1. The van der Waals surface area contributed by atoms with Crippen molar-refractivity contribution < 1.29 is 13.5 Å². The topological polar surface area (TPSA) is 66.4 Å². The highest BCUT2D eigenvalue weighted by molar-refractivity contribution is 7.92. The van der Waals surface area contributed by atoms with Crippen LogP contribution in [0, 0.1) is 0 Å². The predicted molar refractivity (Wildman–Crippen MR) is 64.8 cm³/mol. The van der Waals surface area contributed by atoms with Gasteiger partial charge in [0.15, 0.2) is 0 Å². The number of rotatable bonds is 5. The van der Waals surface area contributed by atoms with Gasteiger partial charge in [0, 0.05) is 5.69 Å². The number of hydrogen-bond acceptors (Lipinski definition) is 3. The summed E-state index contributed by atoms with van der Waals surface area (Å²) in [6.45, 7) is 3.48. The Morgan fingerprint density at radius 2 is 1.88 bits per heavy atom. The molecule has 0 bridgehead atoms. The standard InChI is InChI=1S/C11H17NO3S/c1-3-8-16(14,15)12-11-6-4-10(5-7-11)9(2)13/h4-7,9,12-13H,3,8H2,1-2H3. The van der Waals surface area contributed by atoms with E-state index >= 15 is 0 Å². The minimum absolute atomic E-state index is 0.116. The average molecular weight is 243 g/mol. The van der Waals surface area contributed by atoms with E-state index in [4.69, 9.17) is 0 Å². The van der Waals surface area contributed by atoms with E-state index in [9.17, 15) is 13.5 Å². The molecule has 1 aromatic carbocycles. The fraction of sp³-hybridized carbons (Fsp3) is 0.455. The number of aliphatic hydroxyl groups is 1. The summed E-state index contributed by atoms with van der Waals surface area (Å²) in [5.74, 6) is 0.116.